The lowest BCUT2D eigenvalue weighted by atomic mass is 9.86. The Morgan fingerprint density at radius 2 is 1.55 bits per heavy atom. The van der Waals surface area contributed by atoms with Crippen LogP contribution in [0.15, 0.2) is 59.1 Å². The quantitative estimate of drug-likeness (QED) is 0.652. The molecule has 0 saturated heterocycles. The Labute approximate surface area is 133 Å². The number of rotatable bonds is 2. The van der Waals surface area contributed by atoms with Crippen LogP contribution in [0.25, 0.3) is 6.08 Å². The number of fused-ring (bicyclic) bond motifs is 1. The van der Waals surface area contributed by atoms with E-state index in [1.54, 1.807) is 0 Å². The van der Waals surface area contributed by atoms with Gasteiger partial charge in [-0.2, -0.15) is 0 Å². The Morgan fingerprint density at radius 1 is 0.909 bits per heavy atom. The smallest absolute Gasteiger partial charge is 0.0524 e. The molecule has 0 spiro atoms. The molecule has 0 saturated carbocycles. The molecule has 2 aromatic carbocycles. The van der Waals surface area contributed by atoms with Crippen molar-refractivity contribution in [2.24, 2.45) is 4.99 Å². The van der Waals surface area contributed by atoms with Gasteiger partial charge >= 0.3 is 0 Å². The van der Waals surface area contributed by atoms with Gasteiger partial charge in [0.05, 0.1) is 5.54 Å². The molecular formula is C21H23N. The van der Waals surface area contributed by atoms with E-state index < -0.39 is 0 Å². The zero-order valence-electron chi connectivity index (χ0n) is 13.8. The molecule has 0 N–H and O–H groups in total. The minimum absolute atomic E-state index is 0.0500. The molecule has 0 aliphatic heterocycles. The molecule has 1 unspecified atom stereocenters. The summed E-state index contributed by atoms with van der Waals surface area (Å²) in [6.07, 6.45) is 4.33. The van der Waals surface area contributed by atoms with E-state index in [-0.39, 0.29) is 5.54 Å². The largest absolute Gasteiger partial charge is 0.287 e. The molecule has 1 nitrogen and oxygen atoms in total. The monoisotopic (exact) mass is 289 g/mol. The molecule has 1 heteroatoms. The average Bonchev–Trinajstić information content (AvgIpc) is 2.80. The summed E-state index contributed by atoms with van der Waals surface area (Å²) in [5.41, 5.74) is 6.65. The van der Waals surface area contributed by atoms with Crippen LogP contribution < -0.4 is 0 Å². The summed E-state index contributed by atoms with van der Waals surface area (Å²) in [4.78, 5) is 4.70. The van der Waals surface area contributed by atoms with Crippen molar-refractivity contribution in [2.45, 2.75) is 39.2 Å². The summed E-state index contributed by atoms with van der Waals surface area (Å²) in [7, 11) is 0. The molecule has 1 aliphatic carbocycles. The van der Waals surface area contributed by atoms with Crippen molar-refractivity contribution in [3.63, 3.8) is 0 Å². The highest BCUT2D eigenvalue weighted by molar-refractivity contribution is 5.84. The molecule has 0 amide bonds. The molecular weight excluding hydrogens is 266 g/mol. The van der Waals surface area contributed by atoms with Gasteiger partial charge in [-0.3, -0.25) is 4.99 Å². The standard InChI is InChI=1S/C21H23N/c1-15-13-16-9-5-7-11-18(16)20(15)19-12-8-6-10-17(19)14-22-21(2,3)4/h5-14,20H,1-4H3. The summed E-state index contributed by atoms with van der Waals surface area (Å²) in [5.74, 6) is 0.346. The summed E-state index contributed by atoms with van der Waals surface area (Å²) in [6.45, 7) is 8.61. The van der Waals surface area contributed by atoms with E-state index in [4.69, 9.17) is 4.99 Å². The maximum Gasteiger partial charge on any atom is 0.0524 e. The number of benzene rings is 2. The molecule has 0 radical (unpaired) electrons. The van der Waals surface area contributed by atoms with Gasteiger partial charge in [0.25, 0.3) is 0 Å². The van der Waals surface area contributed by atoms with Crippen molar-refractivity contribution in [3.8, 4) is 0 Å². The van der Waals surface area contributed by atoms with E-state index in [0.29, 0.717) is 5.92 Å². The Hall–Kier alpha value is -2.15. The second kappa shape index (κ2) is 5.57. The first-order valence-electron chi connectivity index (χ1n) is 7.87. The van der Waals surface area contributed by atoms with Gasteiger partial charge in [-0.05, 0) is 49.9 Å². The molecule has 112 valence electrons. The summed E-state index contributed by atoms with van der Waals surface area (Å²) < 4.78 is 0. The van der Waals surface area contributed by atoms with Gasteiger partial charge in [0.2, 0.25) is 0 Å². The number of nitrogens with zero attached hydrogens (tertiary/aromatic N) is 1. The third-order valence-corrected chi connectivity index (χ3v) is 4.04. The van der Waals surface area contributed by atoms with Crippen molar-refractivity contribution < 1.29 is 0 Å². The van der Waals surface area contributed by atoms with Gasteiger partial charge in [-0.15, -0.1) is 0 Å². The van der Waals surface area contributed by atoms with Crippen molar-refractivity contribution in [1.29, 1.82) is 0 Å². The molecule has 0 bridgehead atoms. The van der Waals surface area contributed by atoms with Gasteiger partial charge in [-0.25, -0.2) is 0 Å². The molecule has 1 atom stereocenters. The molecule has 0 heterocycles. The average molecular weight is 289 g/mol. The van der Waals surface area contributed by atoms with Crippen LogP contribution in [-0.4, -0.2) is 11.8 Å². The van der Waals surface area contributed by atoms with E-state index in [0.717, 1.165) is 0 Å². The fourth-order valence-corrected chi connectivity index (χ4v) is 3.05. The maximum atomic E-state index is 4.70. The Morgan fingerprint density at radius 3 is 2.27 bits per heavy atom. The van der Waals surface area contributed by atoms with Crippen LogP contribution in [0.3, 0.4) is 0 Å². The Bertz CT molecular complexity index is 744. The lowest BCUT2D eigenvalue weighted by molar-refractivity contribution is 0.586. The minimum atomic E-state index is -0.0500. The van der Waals surface area contributed by atoms with Crippen molar-refractivity contribution in [3.05, 3.63) is 76.4 Å². The first kappa shape index (κ1) is 14.8. The molecule has 0 aromatic heterocycles. The lowest BCUT2D eigenvalue weighted by Crippen LogP contribution is -2.11. The first-order chi connectivity index (χ1) is 10.5. The summed E-state index contributed by atoms with van der Waals surface area (Å²) >= 11 is 0. The van der Waals surface area contributed by atoms with Crippen LogP contribution in [-0.2, 0) is 0 Å². The second-order valence-corrected chi connectivity index (χ2v) is 7.01. The van der Waals surface area contributed by atoms with Crippen molar-refractivity contribution in [1.82, 2.24) is 0 Å². The van der Waals surface area contributed by atoms with E-state index in [9.17, 15) is 0 Å². The topological polar surface area (TPSA) is 12.4 Å². The number of hydrogen-bond donors (Lipinski definition) is 0. The highest BCUT2D eigenvalue weighted by atomic mass is 14.8. The predicted octanol–water partition coefficient (Wildman–Crippen LogP) is 5.45. The van der Waals surface area contributed by atoms with Crippen LogP contribution in [0, 0.1) is 0 Å². The van der Waals surface area contributed by atoms with E-state index in [1.165, 1.54) is 27.8 Å². The minimum Gasteiger partial charge on any atom is -0.287 e. The van der Waals surface area contributed by atoms with Crippen molar-refractivity contribution >= 4 is 12.3 Å². The fourth-order valence-electron chi connectivity index (χ4n) is 3.05. The molecule has 0 fully saturated rings. The van der Waals surface area contributed by atoms with Crippen LogP contribution >= 0.6 is 0 Å². The number of aliphatic imine (C=N–C) groups is 1. The zero-order chi connectivity index (χ0) is 15.7. The Kier molecular flexibility index (Phi) is 3.74. The third kappa shape index (κ3) is 2.89. The lowest BCUT2D eigenvalue weighted by Gasteiger charge is -2.18. The molecule has 22 heavy (non-hydrogen) atoms. The highest BCUT2D eigenvalue weighted by Gasteiger charge is 2.25. The van der Waals surface area contributed by atoms with E-state index in [1.807, 2.05) is 6.21 Å². The van der Waals surface area contributed by atoms with Gasteiger partial charge in [0.15, 0.2) is 0 Å². The summed E-state index contributed by atoms with van der Waals surface area (Å²) in [6, 6.07) is 17.3. The van der Waals surface area contributed by atoms with Gasteiger partial charge in [-0.1, -0.05) is 60.2 Å². The molecule has 2 aromatic rings. The second-order valence-electron chi connectivity index (χ2n) is 7.01. The maximum absolute atomic E-state index is 4.70. The zero-order valence-corrected chi connectivity index (χ0v) is 13.8. The summed E-state index contributed by atoms with van der Waals surface area (Å²) in [5, 5.41) is 0. The van der Waals surface area contributed by atoms with Gasteiger partial charge in [0, 0.05) is 12.1 Å². The Balaban J connectivity index is 2.07. The normalized spacial score (nSPS) is 17.6. The van der Waals surface area contributed by atoms with E-state index >= 15 is 0 Å². The van der Waals surface area contributed by atoms with E-state index in [2.05, 4.69) is 82.3 Å². The van der Waals surface area contributed by atoms with Gasteiger partial charge < -0.3 is 0 Å². The highest BCUT2D eigenvalue weighted by Crippen LogP contribution is 2.41. The van der Waals surface area contributed by atoms with Gasteiger partial charge in [0.1, 0.15) is 0 Å². The molecule has 3 rings (SSSR count). The third-order valence-electron chi connectivity index (χ3n) is 4.04. The predicted molar refractivity (Wildman–Crippen MR) is 95.7 cm³/mol. The van der Waals surface area contributed by atoms with Crippen LogP contribution in [0.1, 0.15) is 55.9 Å². The first-order valence-corrected chi connectivity index (χ1v) is 7.87. The van der Waals surface area contributed by atoms with Crippen LogP contribution in [0.4, 0.5) is 0 Å². The van der Waals surface area contributed by atoms with Crippen molar-refractivity contribution in [2.75, 3.05) is 0 Å². The SMILES string of the molecule is CC1=Cc2ccccc2C1c1ccccc1C=NC(C)(C)C. The van der Waals surface area contributed by atoms with Crippen LogP contribution in [0.5, 0.6) is 0 Å². The molecule has 1 aliphatic rings. The fraction of sp³-hybridized carbons (Fsp3) is 0.286. The van der Waals surface area contributed by atoms with Crippen LogP contribution in [0.2, 0.25) is 0 Å². The number of hydrogen-bond acceptors (Lipinski definition) is 1. The number of allylic oxidation sites excluding steroid dienone is 1.